The van der Waals surface area contributed by atoms with Crippen molar-refractivity contribution in [3.8, 4) is 6.07 Å². The van der Waals surface area contributed by atoms with Gasteiger partial charge in [0.25, 0.3) is 0 Å². The third-order valence-electron chi connectivity index (χ3n) is 6.19. The summed E-state index contributed by atoms with van der Waals surface area (Å²) in [5.41, 5.74) is 2.29. The van der Waals surface area contributed by atoms with Crippen molar-refractivity contribution in [2.24, 2.45) is 5.16 Å². The Labute approximate surface area is 203 Å². The summed E-state index contributed by atoms with van der Waals surface area (Å²) in [6, 6.07) is 14.3. The Morgan fingerprint density at radius 2 is 1.77 bits per heavy atom. The van der Waals surface area contributed by atoms with Crippen LogP contribution in [0.25, 0.3) is 10.9 Å². The van der Waals surface area contributed by atoms with Gasteiger partial charge in [0.2, 0.25) is 11.5 Å². The van der Waals surface area contributed by atoms with Gasteiger partial charge in [0.1, 0.15) is 6.07 Å². The van der Waals surface area contributed by atoms with Crippen LogP contribution in [0, 0.1) is 18.3 Å². The predicted octanol–water partition coefficient (Wildman–Crippen LogP) is 5.06. The SMILES string of the molecule is Cc1ccccc1C(=O)c1ccc2c(c1)c(C(=O)/C(C#N)=N\OC(=O)N1CCCC1)cn2C(C)C. The number of amides is 1. The maximum Gasteiger partial charge on any atom is 0.436 e. The van der Waals surface area contributed by atoms with E-state index in [1.165, 1.54) is 4.90 Å². The lowest BCUT2D eigenvalue weighted by Gasteiger charge is -2.11. The van der Waals surface area contributed by atoms with Crippen LogP contribution in [-0.2, 0) is 4.84 Å². The second kappa shape index (κ2) is 9.94. The molecule has 8 nitrogen and oxygen atoms in total. The topological polar surface area (TPSA) is 105 Å². The Bertz CT molecular complexity index is 1390. The van der Waals surface area contributed by atoms with Gasteiger partial charge in [-0.1, -0.05) is 29.4 Å². The second-order valence-corrected chi connectivity index (χ2v) is 8.85. The van der Waals surface area contributed by atoms with Crippen LogP contribution in [0.3, 0.4) is 0 Å². The molecule has 0 unspecified atom stereocenters. The van der Waals surface area contributed by atoms with E-state index >= 15 is 0 Å². The number of fused-ring (bicyclic) bond motifs is 1. The number of hydrogen-bond donors (Lipinski definition) is 0. The Hall–Kier alpha value is -4.25. The van der Waals surface area contributed by atoms with Crippen LogP contribution in [0.15, 0.2) is 53.8 Å². The van der Waals surface area contributed by atoms with Crippen molar-refractivity contribution >= 4 is 34.3 Å². The number of ketones is 2. The van der Waals surface area contributed by atoms with E-state index in [-0.39, 0.29) is 17.4 Å². The van der Waals surface area contributed by atoms with Gasteiger partial charge in [0, 0.05) is 47.4 Å². The molecule has 3 aromatic rings. The zero-order chi connectivity index (χ0) is 25.1. The van der Waals surface area contributed by atoms with Gasteiger partial charge in [-0.05, 0) is 57.4 Å². The van der Waals surface area contributed by atoms with Gasteiger partial charge in [0.15, 0.2) is 5.78 Å². The standard InChI is InChI=1S/C27H26N4O4/c1-17(2)31-16-22(26(33)23(15-28)29-35-27(34)30-12-6-7-13-30)21-14-19(10-11-24(21)31)25(32)20-9-5-4-8-18(20)3/h4-5,8-11,14,16-17H,6-7,12-13H2,1-3H3/b29-23-. The summed E-state index contributed by atoms with van der Waals surface area (Å²) >= 11 is 0. The number of carbonyl (C=O) groups is 3. The minimum absolute atomic E-state index is 0.0208. The number of carbonyl (C=O) groups excluding carboxylic acids is 3. The zero-order valence-electron chi connectivity index (χ0n) is 19.9. The molecule has 0 radical (unpaired) electrons. The second-order valence-electron chi connectivity index (χ2n) is 8.85. The summed E-state index contributed by atoms with van der Waals surface area (Å²) in [7, 11) is 0. The molecule has 1 saturated heterocycles. The number of likely N-dealkylation sites (tertiary alicyclic amines) is 1. The van der Waals surface area contributed by atoms with Crippen molar-refractivity contribution < 1.29 is 19.2 Å². The lowest BCUT2D eigenvalue weighted by molar-refractivity contribution is 0.102. The third kappa shape index (κ3) is 4.71. The number of oxime groups is 1. The summed E-state index contributed by atoms with van der Waals surface area (Å²) in [6.07, 6.45) is 2.72. The van der Waals surface area contributed by atoms with E-state index in [9.17, 15) is 19.6 Å². The average molecular weight is 471 g/mol. The highest BCUT2D eigenvalue weighted by Crippen LogP contribution is 2.28. The van der Waals surface area contributed by atoms with E-state index in [2.05, 4.69) is 5.16 Å². The monoisotopic (exact) mass is 470 g/mol. The van der Waals surface area contributed by atoms with Crippen LogP contribution < -0.4 is 0 Å². The molecule has 0 bridgehead atoms. The zero-order valence-corrected chi connectivity index (χ0v) is 19.9. The maximum atomic E-state index is 13.3. The Kier molecular flexibility index (Phi) is 6.78. The molecule has 0 aliphatic carbocycles. The van der Waals surface area contributed by atoms with Gasteiger partial charge in [-0.15, -0.1) is 0 Å². The molecule has 2 aromatic carbocycles. The first kappa shape index (κ1) is 23.9. The molecule has 178 valence electrons. The van der Waals surface area contributed by atoms with E-state index in [4.69, 9.17) is 4.84 Å². The van der Waals surface area contributed by atoms with Crippen molar-refractivity contribution in [3.05, 3.63) is 70.9 Å². The lowest BCUT2D eigenvalue weighted by atomic mass is 9.97. The quantitative estimate of drug-likeness (QED) is 0.217. The van der Waals surface area contributed by atoms with Crippen LogP contribution in [-0.4, -0.2) is 45.9 Å². The van der Waals surface area contributed by atoms with Crippen molar-refractivity contribution in [3.63, 3.8) is 0 Å². The van der Waals surface area contributed by atoms with Crippen LogP contribution in [0.5, 0.6) is 0 Å². The summed E-state index contributed by atoms with van der Waals surface area (Å²) in [4.78, 5) is 45.0. The molecule has 1 fully saturated rings. The smallest absolute Gasteiger partial charge is 0.344 e. The number of nitrogens with zero attached hydrogens (tertiary/aromatic N) is 4. The highest BCUT2D eigenvalue weighted by Gasteiger charge is 2.25. The normalized spacial score (nSPS) is 13.8. The van der Waals surface area contributed by atoms with Crippen molar-refractivity contribution in [2.45, 2.75) is 39.7 Å². The molecule has 1 aromatic heterocycles. The van der Waals surface area contributed by atoms with E-state index in [1.807, 2.05) is 43.5 Å². The molecule has 1 aliphatic heterocycles. The highest BCUT2D eigenvalue weighted by atomic mass is 16.7. The van der Waals surface area contributed by atoms with Gasteiger partial charge in [-0.2, -0.15) is 5.26 Å². The molecule has 0 saturated carbocycles. The van der Waals surface area contributed by atoms with Gasteiger partial charge in [-0.25, -0.2) is 4.79 Å². The number of aryl methyl sites for hydroxylation is 1. The fraction of sp³-hybridized carbons (Fsp3) is 0.296. The molecule has 8 heteroatoms. The maximum absolute atomic E-state index is 13.3. The first-order valence-electron chi connectivity index (χ1n) is 11.6. The van der Waals surface area contributed by atoms with Crippen LogP contribution in [0.1, 0.15) is 64.6 Å². The number of benzene rings is 2. The first-order chi connectivity index (χ1) is 16.8. The molecule has 2 heterocycles. The molecular formula is C27H26N4O4. The van der Waals surface area contributed by atoms with Gasteiger partial charge >= 0.3 is 6.09 Å². The Morgan fingerprint density at radius 1 is 1.06 bits per heavy atom. The lowest BCUT2D eigenvalue weighted by Crippen LogP contribution is -2.27. The minimum Gasteiger partial charge on any atom is -0.344 e. The molecule has 1 aliphatic rings. The summed E-state index contributed by atoms with van der Waals surface area (Å²) in [5, 5.41) is 13.7. The summed E-state index contributed by atoms with van der Waals surface area (Å²) in [6.45, 7) is 6.93. The third-order valence-corrected chi connectivity index (χ3v) is 6.19. The fourth-order valence-electron chi connectivity index (χ4n) is 4.27. The highest BCUT2D eigenvalue weighted by molar-refractivity contribution is 6.52. The largest absolute Gasteiger partial charge is 0.436 e. The van der Waals surface area contributed by atoms with E-state index in [0.29, 0.717) is 29.6 Å². The van der Waals surface area contributed by atoms with Gasteiger partial charge in [0.05, 0.1) is 5.56 Å². The van der Waals surface area contributed by atoms with Crippen molar-refractivity contribution in [1.29, 1.82) is 5.26 Å². The number of Topliss-reactive ketones (excluding diaryl/α,β-unsaturated/α-hetero) is 1. The van der Waals surface area contributed by atoms with E-state index in [1.54, 1.807) is 36.5 Å². The van der Waals surface area contributed by atoms with Gasteiger partial charge in [-0.3, -0.25) is 14.4 Å². The Balaban J connectivity index is 1.73. The van der Waals surface area contributed by atoms with Gasteiger partial charge < -0.3 is 9.47 Å². The fourth-order valence-corrected chi connectivity index (χ4v) is 4.27. The van der Waals surface area contributed by atoms with Crippen LogP contribution >= 0.6 is 0 Å². The molecule has 1 amide bonds. The molecule has 35 heavy (non-hydrogen) atoms. The number of hydrogen-bond acceptors (Lipinski definition) is 6. The summed E-state index contributed by atoms with van der Waals surface area (Å²) in [5.74, 6) is -0.832. The van der Waals surface area contributed by atoms with Crippen molar-refractivity contribution in [2.75, 3.05) is 13.1 Å². The Morgan fingerprint density at radius 3 is 2.43 bits per heavy atom. The number of nitriles is 1. The van der Waals surface area contributed by atoms with E-state index in [0.717, 1.165) is 23.9 Å². The summed E-state index contributed by atoms with van der Waals surface area (Å²) < 4.78 is 1.90. The number of aromatic nitrogens is 1. The molecule has 0 N–H and O–H groups in total. The van der Waals surface area contributed by atoms with E-state index < -0.39 is 17.6 Å². The predicted molar refractivity (Wildman–Crippen MR) is 132 cm³/mol. The molecule has 0 atom stereocenters. The van der Waals surface area contributed by atoms with Crippen molar-refractivity contribution in [1.82, 2.24) is 9.47 Å². The molecular weight excluding hydrogens is 444 g/mol. The van der Waals surface area contributed by atoms with Crippen LogP contribution in [0.4, 0.5) is 4.79 Å². The van der Waals surface area contributed by atoms with Crippen LogP contribution in [0.2, 0.25) is 0 Å². The average Bonchev–Trinajstić information content (AvgIpc) is 3.52. The number of rotatable bonds is 6. The molecule has 0 spiro atoms. The molecule has 4 rings (SSSR count). The minimum atomic E-state index is -0.682. The first-order valence-corrected chi connectivity index (χ1v) is 11.6.